The van der Waals surface area contributed by atoms with Crippen LogP contribution in [0.2, 0.25) is 0 Å². The van der Waals surface area contributed by atoms with E-state index in [1.165, 1.54) is 4.90 Å². The van der Waals surface area contributed by atoms with E-state index in [2.05, 4.69) is 26.9 Å². The third-order valence-electron chi connectivity index (χ3n) is 8.41. The summed E-state index contributed by atoms with van der Waals surface area (Å²) in [5, 5.41) is 3.11. The second kappa shape index (κ2) is 10.7. The van der Waals surface area contributed by atoms with E-state index in [1.807, 2.05) is 25.1 Å². The predicted molar refractivity (Wildman–Crippen MR) is 136 cm³/mol. The number of benzene rings is 1. The number of imidazole rings is 1. The van der Waals surface area contributed by atoms with E-state index >= 15 is 0 Å². The first-order valence-corrected chi connectivity index (χ1v) is 13.6. The first-order chi connectivity index (χ1) is 18.1. The first kappa shape index (κ1) is 26.7. The molecule has 2 saturated heterocycles. The Morgan fingerprint density at radius 1 is 1.11 bits per heavy atom. The fraction of sp³-hybridized carbons (Fsp3) is 0.607. The number of amides is 2. The highest BCUT2D eigenvalue weighted by molar-refractivity contribution is 5.77. The Labute approximate surface area is 221 Å². The number of piperidine rings is 1. The minimum absolute atomic E-state index is 0.0334. The number of halogens is 3. The Hall–Kier alpha value is -2.88. The van der Waals surface area contributed by atoms with Crippen LogP contribution in [-0.2, 0) is 22.6 Å². The van der Waals surface area contributed by atoms with Crippen LogP contribution in [0, 0.1) is 6.92 Å². The number of fused-ring (bicyclic) bond motifs is 3. The van der Waals surface area contributed by atoms with Gasteiger partial charge in [0, 0.05) is 44.6 Å². The molecule has 5 rings (SSSR count). The number of alkyl halides is 3. The standard InChI is InChI=1S/C28H36F3N5O2/c1-18-32-25-10-12-34(27(38)16-28(29,30)31)17-26(25)36(18)23-14-21-8-9-22(15-23)35(21)13-11-24(33-19(2)37)20-6-4-3-5-7-20/h3-7,21-24H,8-17H2,1-2H3,(H,33,37)/t21?,22?,23?,24-/m0/s1. The van der Waals surface area contributed by atoms with Gasteiger partial charge in [-0.05, 0) is 44.6 Å². The number of rotatable bonds is 7. The van der Waals surface area contributed by atoms with Crippen LogP contribution in [-0.4, -0.2) is 62.5 Å². The molecule has 10 heteroatoms. The molecule has 7 nitrogen and oxygen atoms in total. The molecule has 1 N–H and O–H groups in total. The third kappa shape index (κ3) is 5.75. The van der Waals surface area contributed by atoms with Crippen molar-refractivity contribution < 1.29 is 22.8 Å². The molecule has 0 radical (unpaired) electrons. The van der Waals surface area contributed by atoms with Crippen molar-refractivity contribution in [3.05, 3.63) is 53.1 Å². The van der Waals surface area contributed by atoms with Crippen molar-refractivity contribution in [3.8, 4) is 0 Å². The lowest BCUT2D eigenvalue weighted by molar-refractivity contribution is -0.162. The Morgan fingerprint density at radius 3 is 2.42 bits per heavy atom. The van der Waals surface area contributed by atoms with Gasteiger partial charge in [-0.1, -0.05) is 30.3 Å². The van der Waals surface area contributed by atoms with Gasteiger partial charge < -0.3 is 14.8 Å². The van der Waals surface area contributed by atoms with E-state index in [4.69, 9.17) is 4.98 Å². The van der Waals surface area contributed by atoms with Crippen LogP contribution in [0.1, 0.15) is 80.3 Å². The topological polar surface area (TPSA) is 70.5 Å². The van der Waals surface area contributed by atoms with Crippen LogP contribution in [0.25, 0.3) is 0 Å². The number of aryl methyl sites for hydroxylation is 1. The summed E-state index contributed by atoms with van der Waals surface area (Å²) >= 11 is 0. The number of carbonyl (C=O) groups excluding carboxylic acids is 2. The molecular formula is C28H36F3N5O2. The van der Waals surface area contributed by atoms with Gasteiger partial charge in [-0.25, -0.2) is 4.98 Å². The maximum absolute atomic E-state index is 12.8. The molecule has 2 amide bonds. The molecule has 3 atom stereocenters. The Balaban J connectivity index is 1.27. The highest BCUT2D eigenvalue weighted by atomic mass is 19.4. The number of hydrogen-bond donors (Lipinski definition) is 1. The van der Waals surface area contributed by atoms with Crippen LogP contribution in [0.4, 0.5) is 13.2 Å². The maximum Gasteiger partial charge on any atom is 0.397 e. The number of carbonyl (C=O) groups is 2. The lowest BCUT2D eigenvalue weighted by Gasteiger charge is -2.41. The molecule has 1 aromatic heterocycles. The second-order valence-corrected chi connectivity index (χ2v) is 11.0. The van der Waals surface area contributed by atoms with E-state index in [-0.39, 0.29) is 31.1 Å². The largest absolute Gasteiger partial charge is 0.397 e. The van der Waals surface area contributed by atoms with Crippen LogP contribution < -0.4 is 5.32 Å². The molecule has 3 aliphatic heterocycles. The van der Waals surface area contributed by atoms with Gasteiger partial charge in [0.25, 0.3) is 0 Å². The van der Waals surface area contributed by atoms with Crippen LogP contribution in [0.3, 0.4) is 0 Å². The summed E-state index contributed by atoms with van der Waals surface area (Å²) in [5.74, 6) is -0.0213. The van der Waals surface area contributed by atoms with Gasteiger partial charge in [0.1, 0.15) is 12.2 Å². The van der Waals surface area contributed by atoms with Crippen LogP contribution in [0.15, 0.2) is 30.3 Å². The first-order valence-electron chi connectivity index (χ1n) is 13.6. The second-order valence-electron chi connectivity index (χ2n) is 11.0. The van der Waals surface area contributed by atoms with Crippen molar-refractivity contribution in [2.75, 3.05) is 13.1 Å². The molecule has 206 valence electrons. The van der Waals surface area contributed by atoms with Gasteiger partial charge in [0.15, 0.2) is 0 Å². The smallest absolute Gasteiger partial charge is 0.349 e. The van der Waals surface area contributed by atoms with E-state index in [0.717, 1.165) is 61.4 Å². The van der Waals surface area contributed by atoms with Gasteiger partial charge >= 0.3 is 6.18 Å². The minimum atomic E-state index is -4.50. The van der Waals surface area contributed by atoms with E-state index in [9.17, 15) is 22.8 Å². The third-order valence-corrected chi connectivity index (χ3v) is 8.41. The van der Waals surface area contributed by atoms with Crippen molar-refractivity contribution in [1.29, 1.82) is 0 Å². The number of nitrogens with one attached hydrogen (secondary N) is 1. The van der Waals surface area contributed by atoms with Gasteiger partial charge in [0.05, 0.1) is 24.0 Å². The van der Waals surface area contributed by atoms with E-state index in [1.54, 1.807) is 6.92 Å². The summed E-state index contributed by atoms with van der Waals surface area (Å²) < 4.78 is 40.7. The highest BCUT2D eigenvalue weighted by Crippen LogP contribution is 2.43. The lowest BCUT2D eigenvalue weighted by Crippen LogP contribution is -2.45. The monoisotopic (exact) mass is 531 g/mol. The zero-order valence-corrected chi connectivity index (χ0v) is 22.0. The number of nitrogens with zero attached hydrogens (tertiary/aromatic N) is 4. The predicted octanol–water partition coefficient (Wildman–Crippen LogP) is 4.46. The summed E-state index contributed by atoms with van der Waals surface area (Å²) in [6, 6.07) is 11.1. The minimum Gasteiger partial charge on any atom is -0.349 e. The van der Waals surface area contributed by atoms with Crippen molar-refractivity contribution in [3.63, 3.8) is 0 Å². The van der Waals surface area contributed by atoms with Crippen molar-refractivity contribution in [2.24, 2.45) is 0 Å². The molecule has 2 fully saturated rings. The molecule has 0 aliphatic carbocycles. The molecule has 2 aromatic rings. The molecule has 1 aromatic carbocycles. The molecule has 0 saturated carbocycles. The van der Waals surface area contributed by atoms with Gasteiger partial charge in [-0.15, -0.1) is 0 Å². The van der Waals surface area contributed by atoms with Gasteiger partial charge in [-0.2, -0.15) is 13.2 Å². The van der Waals surface area contributed by atoms with Crippen molar-refractivity contribution in [1.82, 2.24) is 24.7 Å². The zero-order chi connectivity index (χ0) is 27.0. The highest BCUT2D eigenvalue weighted by Gasteiger charge is 2.43. The molecule has 2 unspecified atom stereocenters. The Kier molecular flexibility index (Phi) is 7.53. The van der Waals surface area contributed by atoms with E-state index in [0.29, 0.717) is 18.5 Å². The number of hydrogen-bond acceptors (Lipinski definition) is 4. The molecule has 4 heterocycles. The average molecular weight is 532 g/mol. The summed E-state index contributed by atoms with van der Waals surface area (Å²) in [5.41, 5.74) is 2.92. The van der Waals surface area contributed by atoms with Gasteiger partial charge in [-0.3, -0.25) is 14.5 Å². The molecule has 3 aliphatic rings. The van der Waals surface area contributed by atoms with E-state index < -0.39 is 18.5 Å². The zero-order valence-electron chi connectivity index (χ0n) is 22.0. The lowest BCUT2D eigenvalue weighted by atomic mass is 9.95. The summed E-state index contributed by atoms with van der Waals surface area (Å²) in [7, 11) is 0. The Bertz CT molecular complexity index is 1150. The van der Waals surface area contributed by atoms with Crippen LogP contribution >= 0.6 is 0 Å². The summed E-state index contributed by atoms with van der Waals surface area (Å²) in [4.78, 5) is 32.9. The molecule has 2 bridgehead atoms. The normalized spacial score (nSPS) is 24.2. The van der Waals surface area contributed by atoms with Gasteiger partial charge in [0.2, 0.25) is 11.8 Å². The quantitative estimate of drug-likeness (QED) is 0.573. The molecule has 0 spiro atoms. The summed E-state index contributed by atoms with van der Waals surface area (Å²) in [6.07, 6.45) is -0.467. The van der Waals surface area contributed by atoms with Crippen LogP contribution in [0.5, 0.6) is 0 Å². The fourth-order valence-corrected chi connectivity index (χ4v) is 6.85. The number of aromatic nitrogens is 2. The Morgan fingerprint density at radius 2 is 1.79 bits per heavy atom. The molecular weight excluding hydrogens is 495 g/mol. The van der Waals surface area contributed by atoms with Crippen molar-refractivity contribution in [2.45, 2.75) is 95.7 Å². The summed E-state index contributed by atoms with van der Waals surface area (Å²) in [6.45, 7) is 4.88. The molecule has 38 heavy (non-hydrogen) atoms. The fourth-order valence-electron chi connectivity index (χ4n) is 6.85. The SMILES string of the molecule is CC(=O)N[C@@H](CCN1C2CCC1CC(n1c(C)nc3c1CN(C(=O)CC(F)(F)F)CC3)C2)c1ccccc1. The van der Waals surface area contributed by atoms with Crippen molar-refractivity contribution >= 4 is 11.8 Å². The maximum atomic E-state index is 12.8. The average Bonchev–Trinajstić information content (AvgIpc) is 3.31.